The van der Waals surface area contributed by atoms with Crippen LogP contribution in [-0.2, 0) is 0 Å². The van der Waals surface area contributed by atoms with Gasteiger partial charge in [0, 0.05) is 0 Å². The lowest BCUT2D eigenvalue weighted by atomic mass is 10.8. The van der Waals surface area contributed by atoms with E-state index in [1.54, 1.807) is 0 Å². The predicted octanol–water partition coefficient (Wildman–Crippen LogP) is 3.18. The second-order valence-corrected chi connectivity index (χ2v) is 10.3. The summed E-state index contributed by atoms with van der Waals surface area (Å²) in [7, 11) is 6.72. The van der Waals surface area contributed by atoms with Gasteiger partial charge in [-0.2, -0.15) is 0 Å². The van der Waals surface area contributed by atoms with Crippen molar-refractivity contribution in [2.75, 3.05) is 0 Å². The van der Waals surface area contributed by atoms with Crippen molar-refractivity contribution in [1.29, 1.82) is 0 Å². The molecule has 0 amide bonds. The maximum atomic E-state index is 2.82. The normalized spacial score (nSPS) is 17.0. The number of hydrogen-bond donors (Lipinski definition) is 0. The van der Waals surface area contributed by atoms with Gasteiger partial charge in [-0.05, 0) is 14.2 Å². The van der Waals surface area contributed by atoms with Crippen LogP contribution in [0.2, 0.25) is 0 Å². The van der Waals surface area contributed by atoms with Crippen molar-refractivity contribution in [3.05, 3.63) is 11.9 Å². The molecule has 4 unspecified atom stereocenters. The fourth-order valence-corrected chi connectivity index (χ4v) is 2.61. The highest BCUT2D eigenvalue weighted by Crippen LogP contribution is 2.66. The van der Waals surface area contributed by atoms with Gasteiger partial charge in [-0.15, -0.1) is 17.9 Å². The van der Waals surface area contributed by atoms with E-state index in [1.807, 2.05) is 0 Å². The Morgan fingerprint density at radius 1 is 1.71 bits per heavy atom. The molecule has 4 atom stereocenters. The van der Waals surface area contributed by atoms with Gasteiger partial charge in [-0.3, -0.25) is 0 Å². The minimum atomic E-state index is 0.148. The molecule has 0 aliphatic heterocycles. The minimum absolute atomic E-state index is 0.148. The van der Waals surface area contributed by atoms with Crippen LogP contribution in [0.4, 0.5) is 0 Å². The molecule has 0 N–H and O–H groups in total. The third-order valence-corrected chi connectivity index (χ3v) is 9.94. The molecule has 0 nitrogen and oxygen atoms in total. The molecule has 0 radical (unpaired) electrons. The number of hydrogen-bond acceptors (Lipinski definition) is 0. The first-order valence-electron chi connectivity index (χ1n) is 1.94. The highest BCUT2D eigenvalue weighted by atomic mass is 32.6. The van der Waals surface area contributed by atoms with E-state index in [9.17, 15) is 0 Å². The maximum Gasteiger partial charge on any atom is -0.0384 e. The van der Waals surface area contributed by atoms with Gasteiger partial charge in [0.2, 0.25) is 0 Å². The Labute approximate surface area is 52.5 Å². The number of rotatable bonds is 2. The van der Waals surface area contributed by atoms with Gasteiger partial charge >= 0.3 is 0 Å². The van der Waals surface area contributed by atoms with Crippen LogP contribution >= 0.6 is 33.1 Å². The summed E-state index contributed by atoms with van der Waals surface area (Å²) in [4.78, 5) is 0. The molecule has 4 heteroatoms. The second kappa shape index (κ2) is 5.59. The van der Waals surface area contributed by atoms with Gasteiger partial charge in [0.1, 0.15) is 0 Å². The van der Waals surface area contributed by atoms with Crippen LogP contribution in [0.25, 0.3) is 0 Å². The zero-order valence-electron chi connectivity index (χ0n) is 4.26. The Kier molecular flexibility index (Phi) is 6.76. The molecule has 0 saturated carbocycles. The molecule has 0 aromatic carbocycles. The van der Waals surface area contributed by atoms with Gasteiger partial charge in [0.15, 0.2) is 0 Å². The summed E-state index contributed by atoms with van der Waals surface area (Å²) in [5.74, 6) is 2.24. The summed E-state index contributed by atoms with van der Waals surface area (Å²) in [5, 5.41) is 0. The van der Waals surface area contributed by atoms with Crippen LogP contribution in [-0.4, -0.2) is 0 Å². The van der Waals surface area contributed by atoms with Gasteiger partial charge in [-0.1, -0.05) is 19.9 Å². The lowest BCUT2D eigenvalue weighted by Gasteiger charge is -1.96. The first kappa shape index (κ1) is 8.46. The number of allylic oxidation sites excluding steroid dienone is 1. The fourth-order valence-electron chi connectivity index (χ4n) is 0.204. The molecule has 0 saturated heterocycles. The minimum Gasteiger partial charge on any atom is -0.109 e. The molecule has 0 spiro atoms. The highest BCUT2D eigenvalue weighted by Gasteiger charge is 1.84. The molecule has 0 aromatic heterocycles. The van der Waals surface area contributed by atoms with E-state index < -0.39 is 0 Å². The van der Waals surface area contributed by atoms with Crippen molar-refractivity contribution in [3.8, 4) is 0 Å². The van der Waals surface area contributed by atoms with Crippen LogP contribution in [0, 0.1) is 0 Å². The Morgan fingerprint density at radius 2 is 2.29 bits per heavy atom. The second-order valence-electron chi connectivity index (χ2n) is 1.02. The van der Waals surface area contributed by atoms with E-state index in [0.717, 1.165) is 7.96 Å². The quantitative estimate of drug-likeness (QED) is 0.558. The highest BCUT2D eigenvalue weighted by molar-refractivity contribution is 8.62. The molecule has 0 aliphatic carbocycles. The zero-order chi connectivity index (χ0) is 5.70. The molecule has 7 heavy (non-hydrogen) atoms. The third kappa shape index (κ3) is 5.33. The van der Waals surface area contributed by atoms with E-state index in [4.69, 9.17) is 0 Å². The lowest BCUT2D eigenvalue weighted by molar-refractivity contribution is 1.79. The zero-order valence-corrected chi connectivity index (χ0v) is 8.46. The predicted molar refractivity (Wildman–Crippen MR) is 49.5 cm³/mol. The molecular formula is C3H10P4. The van der Waals surface area contributed by atoms with Crippen molar-refractivity contribution in [1.82, 2.24) is 0 Å². The van der Waals surface area contributed by atoms with Crippen LogP contribution in [0.3, 0.4) is 0 Å². The van der Waals surface area contributed by atoms with Crippen molar-refractivity contribution >= 4 is 33.1 Å². The summed E-state index contributed by atoms with van der Waals surface area (Å²) < 4.78 is 0. The average Bonchev–Trinajstić information content (AvgIpc) is 1.68. The summed E-state index contributed by atoms with van der Waals surface area (Å²) in [5.41, 5.74) is 0. The molecule has 0 heterocycles. The van der Waals surface area contributed by atoms with E-state index in [-0.39, 0.29) is 7.30 Å². The Bertz CT molecular complexity index is 60.0. The topological polar surface area (TPSA) is 0 Å². The first-order valence-corrected chi connectivity index (χ1v) is 8.62. The van der Waals surface area contributed by atoms with Crippen molar-refractivity contribution < 1.29 is 0 Å². The van der Waals surface area contributed by atoms with Crippen LogP contribution in [0.1, 0.15) is 6.92 Å². The largest absolute Gasteiger partial charge is 0.109 e. The Morgan fingerprint density at radius 3 is 2.43 bits per heavy atom. The SMILES string of the molecule is C/C=C/P(P)PP. The van der Waals surface area contributed by atoms with Crippen molar-refractivity contribution in [2.45, 2.75) is 6.92 Å². The van der Waals surface area contributed by atoms with Gasteiger partial charge in [0.25, 0.3) is 0 Å². The van der Waals surface area contributed by atoms with Gasteiger partial charge in [0.05, 0.1) is 0 Å². The Hall–Kier alpha value is 1.46. The van der Waals surface area contributed by atoms with E-state index in [0.29, 0.717) is 0 Å². The van der Waals surface area contributed by atoms with Gasteiger partial charge in [-0.25, -0.2) is 0 Å². The maximum absolute atomic E-state index is 2.82. The molecule has 0 rings (SSSR count). The standard InChI is InChI=1S/C3H10P4/c1-2-3-7(5)6-4/h2-3,6H,4-5H2,1H3/b3-2+. The van der Waals surface area contributed by atoms with Crippen LogP contribution < -0.4 is 0 Å². The van der Waals surface area contributed by atoms with Crippen LogP contribution in [0.5, 0.6) is 0 Å². The fraction of sp³-hybridized carbons (Fsp3) is 0.333. The summed E-state index contributed by atoms with van der Waals surface area (Å²) in [6.07, 6.45) is 2.11. The summed E-state index contributed by atoms with van der Waals surface area (Å²) in [6, 6.07) is 0. The molecule has 0 aromatic rings. The van der Waals surface area contributed by atoms with E-state index in [1.165, 1.54) is 0 Å². The molecule has 42 valence electrons. The molecule has 0 bridgehead atoms. The van der Waals surface area contributed by atoms with Crippen LogP contribution in [0.15, 0.2) is 11.9 Å². The Balaban J connectivity index is 3.16. The van der Waals surface area contributed by atoms with Crippen molar-refractivity contribution in [3.63, 3.8) is 0 Å². The smallest absolute Gasteiger partial charge is 0.0384 e. The van der Waals surface area contributed by atoms with E-state index >= 15 is 0 Å². The molecule has 0 aliphatic rings. The third-order valence-electron chi connectivity index (χ3n) is 0.459. The lowest BCUT2D eigenvalue weighted by Crippen LogP contribution is -1.33. The molecule has 0 fully saturated rings. The average molecular weight is 170 g/mol. The van der Waals surface area contributed by atoms with E-state index in [2.05, 4.69) is 36.7 Å². The van der Waals surface area contributed by atoms with Gasteiger partial charge < -0.3 is 0 Å². The first-order chi connectivity index (χ1) is 3.31. The monoisotopic (exact) mass is 170 g/mol. The molecular weight excluding hydrogens is 160 g/mol. The van der Waals surface area contributed by atoms with Crippen molar-refractivity contribution in [2.24, 2.45) is 0 Å². The summed E-state index contributed by atoms with van der Waals surface area (Å²) >= 11 is 0. The summed E-state index contributed by atoms with van der Waals surface area (Å²) in [6.45, 7) is 2.06.